The Bertz CT molecular complexity index is 786. The smallest absolute Gasteiger partial charge is 0.238 e. The minimum atomic E-state index is -3.89. The Labute approximate surface area is 110 Å². The maximum absolute atomic E-state index is 11.5. The fourth-order valence-electron chi connectivity index (χ4n) is 1.82. The molecule has 8 heteroatoms. The van der Waals surface area contributed by atoms with Gasteiger partial charge in [0.1, 0.15) is 6.07 Å². The Kier molecular flexibility index (Phi) is 3.01. The van der Waals surface area contributed by atoms with Crippen molar-refractivity contribution in [2.75, 3.05) is 5.73 Å². The predicted octanol–water partition coefficient (Wildman–Crippen LogP) is 0.282. The molecule has 98 valence electrons. The number of primary sulfonamides is 1. The first-order valence-corrected chi connectivity index (χ1v) is 6.76. The number of nitriles is 1. The number of sulfonamides is 1. The topological polar surface area (TPSA) is 128 Å². The van der Waals surface area contributed by atoms with Crippen LogP contribution < -0.4 is 10.9 Å². The molecule has 2 rings (SSSR count). The summed E-state index contributed by atoms with van der Waals surface area (Å²) < 4.78 is 24.5. The summed E-state index contributed by atoms with van der Waals surface area (Å²) in [6.45, 7) is 1.59. The van der Waals surface area contributed by atoms with Crippen molar-refractivity contribution in [1.29, 1.82) is 5.26 Å². The van der Waals surface area contributed by atoms with Crippen LogP contribution in [0.5, 0.6) is 0 Å². The molecule has 0 saturated carbocycles. The molecule has 0 atom stereocenters. The highest BCUT2D eigenvalue weighted by Gasteiger charge is 2.17. The maximum Gasteiger partial charge on any atom is 0.238 e. The Balaban J connectivity index is 2.80. The van der Waals surface area contributed by atoms with E-state index in [0.29, 0.717) is 11.3 Å². The second kappa shape index (κ2) is 4.38. The summed E-state index contributed by atoms with van der Waals surface area (Å²) in [6, 6.07) is 4.76. The van der Waals surface area contributed by atoms with Crippen LogP contribution in [0.1, 0.15) is 11.4 Å². The van der Waals surface area contributed by atoms with Crippen LogP contribution in [0.3, 0.4) is 0 Å². The van der Waals surface area contributed by atoms with E-state index in [0.717, 1.165) is 0 Å². The highest BCUT2D eigenvalue weighted by Crippen LogP contribution is 2.25. The second-order valence-corrected chi connectivity index (χ2v) is 5.47. The monoisotopic (exact) mass is 277 g/mol. The van der Waals surface area contributed by atoms with Crippen molar-refractivity contribution < 1.29 is 8.42 Å². The van der Waals surface area contributed by atoms with E-state index < -0.39 is 10.0 Å². The number of anilines is 1. The zero-order valence-corrected chi connectivity index (χ0v) is 10.8. The standard InChI is InChI=1S/C11H11N5O2S/c1-7-9(16-3-2-15-11(16)6-12)4-8(13)5-10(7)19(14,17)18/h2-5H,13H2,1H3,(H2,14,17,18). The number of benzene rings is 1. The van der Waals surface area contributed by atoms with E-state index in [1.54, 1.807) is 19.2 Å². The Morgan fingerprint density at radius 3 is 2.68 bits per heavy atom. The van der Waals surface area contributed by atoms with Gasteiger partial charge in [0.2, 0.25) is 15.8 Å². The molecular weight excluding hydrogens is 266 g/mol. The summed E-state index contributed by atoms with van der Waals surface area (Å²) in [6.07, 6.45) is 2.99. The van der Waals surface area contributed by atoms with Gasteiger partial charge in [-0.05, 0) is 24.6 Å². The van der Waals surface area contributed by atoms with Gasteiger partial charge < -0.3 is 5.73 Å². The summed E-state index contributed by atoms with van der Waals surface area (Å²) in [5.41, 5.74) is 6.79. The molecule has 0 fully saturated rings. The van der Waals surface area contributed by atoms with Crippen LogP contribution in [0.4, 0.5) is 5.69 Å². The number of rotatable bonds is 2. The minimum Gasteiger partial charge on any atom is -0.399 e. The van der Waals surface area contributed by atoms with Crippen LogP contribution in [0.2, 0.25) is 0 Å². The average molecular weight is 277 g/mol. The number of imidazole rings is 1. The number of nitrogen functional groups attached to an aromatic ring is 1. The van der Waals surface area contributed by atoms with Gasteiger partial charge in [-0.15, -0.1) is 0 Å². The molecule has 0 saturated heterocycles. The summed E-state index contributed by atoms with van der Waals surface area (Å²) >= 11 is 0. The molecule has 1 heterocycles. The fourth-order valence-corrected chi connectivity index (χ4v) is 2.65. The molecule has 0 unspecified atom stereocenters. The van der Waals surface area contributed by atoms with E-state index in [1.807, 2.05) is 6.07 Å². The van der Waals surface area contributed by atoms with Crippen molar-refractivity contribution in [1.82, 2.24) is 9.55 Å². The molecule has 0 radical (unpaired) electrons. The predicted molar refractivity (Wildman–Crippen MR) is 68.8 cm³/mol. The number of hydrogen-bond donors (Lipinski definition) is 2. The van der Waals surface area contributed by atoms with Crippen molar-refractivity contribution in [3.8, 4) is 11.8 Å². The molecular formula is C11H11N5O2S. The summed E-state index contributed by atoms with van der Waals surface area (Å²) in [7, 11) is -3.89. The van der Waals surface area contributed by atoms with Crippen molar-refractivity contribution in [3.05, 3.63) is 35.9 Å². The van der Waals surface area contributed by atoms with Gasteiger partial charge >= 0.3 is 0 Å². The van der Waals surface area contributed by atoms with E-state index in [4.69, 9.17) is 16.1 Å². The molecule has 4 N–H and O–H groups in total. The molecule has 2 aromatic rings. The molecule has 1 aromatic carbocycles. The van der Waals surface area contributed by atoms with Gasteiger partial charge in [-0.3, -0.25) is 4.57 Å². The molecule has 0 bridgehead atoms. The average Bonchev–Trinajstić information content (AvgIpc) is 2.78. The van der Waals surface area contributed by atoms with Crippen molar-refractivity contribution in [2.45, 2.75) is 11.8 Å². The van der Waals surface area contributed by atoms with Crippen LogP contribution in [0.25, 0.3) is 5.69 Å². The van der Waals surface area contributed by atoms with Crippen molar-refractivity contribution in [3.63, 3.8) is 0 Å². The van der Waals surface area contributed by atoms with E-state index in [2.05, 4.69) is 4.98 Å². The Hall–Kier alpha value is -2.37. The van der Waals surface area contributed by atoms with Crippen LogP contribution in [0, 0.1) is 18.3 Å². The van der Waals surface area contributed by atoms with E-state index >= 15 is 0 Å². The molecule has 0 aliphatic carbocycles. The Morgan fingerprint density at radius 2 is 2.11 bits per heavy atom. The lowest BCUT2D eigenvalue weighted by Crippen LogP contribution is -2.15. The van der Waals surface area contributed by atoms with E-state index in [1.165, 1.54) is 16.8 Å². The molecule has 0 aliphatic heterocycles. The lowest BCUT2D eigenvalue weighted by molar-refractivity contribution is 0.597. The highest BCUT2D eigenvalue weighted by molar-refractivity contribution is 7.89. The SMILES string of the molecule is Cc1c(-n2ccnc2C#N)cc(N)cc1S(N)(=O)=O. The number of nitrogens with two attached hydrogens (primary N) is 2. The van der Waals surface area contributed by atoms with Crippen LogP contribution >= 0.6 is 0 Å². The first-order valence-electron chi connectivity index (χ1n) is 5.21. The lowest BCUT2D eigenvalue weighted by Gasteiger charge is -2.12. The third kappa shape index (κ3) is 2.29. The first-order chi connectivity index (χ1) is 8.84. The summed E-state index contributed by atoms with van der Waals surface area (Å²) in [5.74, 6) is 0.133. The highest BCUT2D eigenvalue weighted by atomic mass is 32.2. The van der Waals surface area contributed by atoms with Gasteiger partial charge in [0.25, 0.3) is 0 Å². The lowest BCUT2D eigenvalue weighted by atomic mass is 10.1. The molecule has 7 nitrogen and oxygen atoms in total. The van der Waals surface area contributed by atoms with Crippen LogP contribution in [-0.4, -0.2) is 18.0 Å². The van der Waals surface area contributed by atoms with Gasteiger partial charge in [0, 0.05) is 18.1 Å². The van der Waals surface area contributed by atoms with E-state index in [9.17, 15) is 8.42 Å². The number of hydrogen-bond acceptors (Lipinski definition) is 5. The second-order valence-electron chi connectivity index (χ2n) is 3.94. The zero-order chi connectivity index (χ0) is 14.2. The van der Waals surface area contributed by atoms with Crippen LogP contribution in [0.15, 0.2) is 29.4 Å². The van der Waals surface area contributed by atoms with Crippen LogP contribution in [-0.2, 0) is 10.0 Å². The minimum absolute atomic E-state index is 0.0694. The molecule has 0 spiro atoms. The fraction of sp³-hybridized carbons (Fsp3) is 0.0909. The van der Waals surface area contributed by atoms with E-state index in [-0.39, 0.29) is 16.4 Å². The first kappa shape index (κ1) is 13.1. The van der Waals surface area contributed by atoms with Gasteiger partial charge in [0.15, 0.2) is 0 Å². The van der Waals surface area contributed by atoms with Crippen molar-refractivity contribution in [2.24, 2.45) is 5.14 Å². The summed E-state index contributed by atoms with van der Waals surface area (Å²) in [5, 5.41) is 14.1. The molecule has 1 aromatic heterocycles. The normalized spacial score (nSPS) is 11.2. The number of aromatic nitrogens is 2. The zero-order valence-electron chi connectivity index (χ0n) is 10.0. The maximum atomic E-state index is 11.5. The van der Waals surface area contributed by atoms with Gasteiger partial charge in [-0.25, -0.2) is 18.5 Å². The molecule has 0 aliphatic rings. The van der Waals surface area contributed by atoms with Gasteiger partial charge in [-0.1, -0.05) is 0 Å². The quantitative estimate of drug-likeness (QED) is 0.762. The summed E-state index contributed by atoms with van der Waals surface area (Å²) in [4.78, 5) is 3.78. The third-order valence-corrected chi connectivity index (χ3v) is 3.70. The van der Waals surface area contributed by atoms with Gasteiger partial charge in [0.05, 0.1) is 10.6 Å². The Morgan fingerprint density at radius 1 is 1.42 bits per heavy atom. The molecule has 19 heavy (non-hydrogen) atoms. The molecule has 0 amide bonds. The number of nitrogens with zero attached hydrogens (tertiary/aromatic N) is 3. The van der Waals surface area contributed by atoms with Crippen molar-refractivity contribution >= 4 is 15.7 Å². The largest absolute Gasteiger partial charge is 0.399 e. The van der Waals surface area contributed by atoms with Gasteiger partial charge in [-0.2, -0.15) is 5.26 Å². The third-order valence-electron chi connectivity index (χ3n) is 2.66.